The summed E-state index contributed by atoms with van der Waals surface area (Å²) < 4.78 is 10.8. The minimum absolute atomic E-state index is 0.00909. The van der Waals surface area contributed by atoms with Gasteiger partial charge in [0.2, 0.25) is 0 Å². The first-order chi connectivity index (χ1) is 10.3. The Balaban J connectivity index is 1.77. The quantitative estimate of drug-likeness (QED) is 0.851. The van der Waals surface area contributed by atoms with E-state index in [0.717, 1.165) is 11.3 Å². The predicted octanol–water partition coefficient (Wildman–Crippen LogP) is 2.78. The van der Waals surface area contributed by atoms with Crippen LogP contribution in [-0.4, -0.2) is 19.1 Å². The molecule has 0 aliphatic carbocycles. The van der Waals surface area contributed by atoms with Crippen molar-refractivity contribution in [1.29, 1.82) is 0 Å². The van der Waals surface area contributed by atoms with Crippen molar-refractivity contribution >= 4 is 5.91 Å². The number of ether oxygens (including phenoxy) is 2. The molecule has 0 saturated carbocycles. The zero-order valence-electron chi connectivity index (χ0n) is 12.0. The van der Waals surface area contributed by atoms with Crippen LogP contribution in [0.1, 0.15) is 12.5 Å². The number of hydrogen-bond donors (Lipinski definition) is 1. The van der Waals surface area contributed by atoms with Gasteiger partial charge >= 0.3 is 0 Å². The molecule has 0 fully saturated rings. The van der Waals surface area contributed by atoms with E-state index in [9.17, 15) is 4.79 Å². The van der Waals surface area contributed by atoms with Crippen LogP contribution in [0.15, 0.2) is 54.6 Å². The van der Waals surface area contributed by atoms with E-state index in [1.54, 1.807) is 0 Å². The Kier molecular flexibility index (Phi) is 5.64. The molecule has 4 nitrogen and oxygen atoms in total. The molecule has 21 heavy (non-hydrogen) atoms. The lowest BCUT2D eigenvalue weighted by molar-refractivity contribution is -0.123. The van der Waals surface area contributed by atoms with Crippen molar-refractivity contribution in [1.82, 2.24) is 5.32 Å². The SMILES string of the molecule is CCOc1cccc(CNC(=O)COc2ccccc2)c1. The molecule has 0 radical (unpaired) electrons. The standard InChI is InChI=1S/C17H19NO3/c1-2-20-16-10-6-7-14(11-16)12-18-17(19)13-21-15-8-4-3-5-9-15/h3-11H,2,12-13H2,1H3,(H,18,19). The zero-order chi connectivity index (χ0) is 14.9. The normalized spacial score (nSPS) is 9.95. The van der Waals surface area contributed by atoms with Crippen molar-refractivity contribution in [3.8, 4) is 11.5 Å². The maximum absolute atomic E-state index is 11.7. The van der Waals surface area contributed by atoms with Crippen molar-refractivity contribution < 1.29 is 14.3 Å². The third-order valence-electron chi connectivity index (χ3n) is 2.81. The molecule has 4 heteroatoms. The molecule has 0 saturated heterocycles. The summed E-state index contributed by atoms with van der Waals surface area (Å²) in [5.74, 6) is 1.34. The monoisotopic (exact) mass is 285 g/mol. The van der Waals surface area contributed by atoms with E-state index in [2.05, 4.69) is 5.32 Å². The number of nitrogens with one attached hydrogen (secondary N) is 1. The van der Waals surface area contributed by atoms with E-state index in [1.807, 2.05) is 61.5 Å². The lowest BCUT2D eigenvalue weighted by Gasteiger charge is -2.09. The molecule has 2 aromatic rings. The topological polar surface area (TPSA) is 47.6 Å². The summed E-state index contributed by atoms with van der Waals surface area (Å²) in [5.41, 5.74) is 0.994. The van der Waals surface area contributed by atoms with Crippen molar-refractivity contribution in [2.45, 2.75) is 13.5 Å². The van der Waals surface area contributed by atoms with Crippen LogP contribution in [0.25, 0.3) is 0 Å². The van der Waals surface area contributed by atoms with Gasteiger partial charge in [-0.3, -0.25) is 4.79 Å². The van der Waals surface area contributed by atoms with Crippen LogP contribution in [-0.2, 0) is 11.3 Å². The molecule has 0 unspecified atom stereocenters. The molecule has 0 aliphatic heterocycles. The minimum atomic E-state index is -0.152. The fraction of sp³-hybridized carbons (Fsp3) is 0.235. The molecule has 0 aromatic heterocycles. The Morgan fingerprint density at radius 2 is 1.76 bits per heavy atom. The maximum Gasteiger partial charge on any atom is 0.258 e. The first-order valence-electron chi connectivity index (χ1n) is 6.94. The maximum atomic E-state index is 11.7. The Bertz CT molecular complexity index is 569. The minimum Gasteiger partial charge on any atom is -0.494 e. The van der Waals surface area contributed by atoms with Crippen molar-refractivity contribution in [2.24, 2.45) is 0 Å². The lowest BCUT2D eigenvalue weighted by Crippen LogP contribution is -2.28. The summed E-state index contributed by atoms with van der Waals surface area (Å²) in [5, 5.41) is 2.82. The van der Waals surface area contributed by atoms with Gasteiger partial charge < -0.3 is 14.8 Å². The van der Waals surface area contributed by atoms with Gasteiger partial charge in [0.05, 0.1) is 6.61 Å². The average Bonchev–Trinajstić information content (AvgIpc) is 2.53. The second-order valence-electron chi connectivity index (χ2n) is 4.46. The van der Waals surface area contributed by atoms with Crippen molar-refractivity contribution in [3.05, 3.63) is 60.2 Å². The summed E-state index contributed by atoms with van der Waals surface area (Å²) >= 11 is 0. The largest absolute Gasteiger partial charge is 0.494 e. The molecule has 0 atom stereocenters. The van der Waals surface area contributed by atoms with Gasteiger partial charge in [0.15, 0.2) is 6.61 Å². The Hall–Kier alpha value is -2.49. The van der Waals surface area contributed by atoms with Crippen LogP contribution in [0.4, 0.5) is 0 Å². The van der Waals surface area contributed by atoms with Crippen molar-refractivity contribution in [2.75, 3.05) is 13.2 Å². The molecule has 0 heterocycles. The van der Waals surface area contributed by atoms with Crippen LogP contribution in [0.2, 0.25) is 0 Å². The Morgan fingerprint density at radius 1 is 1.00 bits per heavy atom. The van der Waals surface area contributed by atoms with Gasteiger partial charge in [-0.1, -0.05) is 30.3 Å². The van der Waals surface area contributed by atoms with Crippen molar-refractivity contribution in [3.63, 3.8) is 0 Å². The molecule has 0 bridgehead atoms. The summed E-state index contributed by atoms with van der Waals surface area (Å²) in [6.45, 7) is 3.03. The van der Waals surface area contributed by atoms with Gasteiger partial charge in [0.25, 0.3) is 5.91 Å². The number of amides is 1. The van der Waals surface area contributed by atoms with E-state index in [1.165, 1.54) is 0 Å². The summed E-state index contributed by atoms with van der Waals surface area (Å²) in [4.78, 5) is 11.7. The Labute approximate surface area is 124 Å². The summed E-state index contributed by atoms with van der Waals surface area (Å²) in [7, 11) is 0. The fourth-order valence-electron chi connectivity index (χ4n) is 1.83. The number of benzene rings is 2. The van der Waals surface area contributed by atoms with Crippen LogP contribution in [0.3, 0.4) is 0 Å². The smallest absolute Gasteiger partial charge is 0.258 e. The van der Waals surface area contributed by atoms with Gasteiger partial charge in [-0.15, -0.1) is 0 Å². The van der Waals surface area contributed by atoms with Gasteiger partial charge in [-0.2, -0.15) is 0 Å². The van der Waals surface area contributed by atoms with Gasteiger partial charge in [-0.05, 0) is 36.8 Å². The van der Waals surface area contributed by atoms with E-state index in [4.69, 9.17) is 9.47 Å². The molecule has 110 valence electrons. The van der Waals surface area contributed by atoms with Gasteiger partial charge in [0.1, 0.15) is 11.5 Å². The van der Waals surface area contributed by atoms with E-state index < -0.39 is 0 Å². The highest BCUT2D eigenvalue weighted by Crippen LogP contribution is 2.13. The molecular formula is C17H19NO3. The zero-order valence-corrected chi connectivity index (χ0v) is 12.0. The molecule has 0 spiro atoms. The number of hydrogen-bond acceptors (Lipinski definition) is 3. The van der Waals surface area contributed by atoms with E-state index >= 15 is 0 Å². The highest BCUT2D eigenvalue weighted by atomic mass is 16.5. The third kappa shape index (κ3) is 5.18. The van der Waals surface area contributed by atoms with Gasteiger partial charge in [-0.25, -0.2) is 0 Å². The molecule has 1 amide bonds. The Morgan fingerprint density at radius 3 is 2.52 bits per heavy atom. The molecule has 1 N–H and O–H groups in total. The molecule has 2 rings (SSSR count). The van der Waals surface area contributed by atoms with Crippen LogP contribution >= 0.6 is 0 Å². The second-order valence-corrected chi connectivity index (χ2v) is 4.46. The van der Waals surface area contributed by atoms with E-state index in [0.29, 0.717) is 18.9 Å². The number of para-hydroxylation sites is 1. The highest BCUT2D eigenvalue weighted by Gasteiger charge is 2.03. The van der Waals surface area contributed by atoms with Crippen LogP contribution in [0.5, 0.6) is 11.5 Å². The molecular weight excluding hydrogens is 266 g/mol. The first kappa shape index (κ1) is 14.9. The van der Waals surface area contributed by atoms with Gasteiger partial charge in [0, 0.05) is 6.54 Å². The fourth-order valence-corrected chi connectivity index (χ4v) is 1.83. The van der Waals surface area contributed by atoms with Crippen LogP contribution in [0, 0.1) is 0 Å². The predicted molar refractivity (Wildman–Crippen MR) is 81.4 cm³/mol. The summed E-state index contributed by atoms with van der Waals surface area (Å²) in [6, 6.07) is 16.9. The van der Waals surface area contributed by atoms with Crippen LogP contribution < -0.4 is 14.8 Å². The number of carbonyl (C=O) groups is 1. The van der Waals surface area contributed by atoms with E-state index in [-0.39, 0.29) is 12.5 Å². The number of carbonyl (C=O) groups excluding carboxylic acids is 1. The number of rotatable bonds is 7. The first-order valence-corrected chi connectivity index (χ1v) is 6.94. The summed E-state index contributed by atoms with van der Waals surface area (Å²) in [6.07, 6.45) is 0. The second kappa shape index (κ2) is 7.94. The average molecular weight is 285 g/mol. The molecule has 2 aromatic carbocycles. The third-order valence-corrected chi connectivity index (χ3v) is 2.81. The lowest BCUT2D eigenvalue weighted by atomic mass is 10.2. The highest BCUT2D eigenvalue weighted by molar-refractivity contribution is 5.77. The molecule has 0 aliphatic rings.